The highest BCUT2D eigenvalue weighted by Crippen LogP contribution is 2.16. The molecule has 0 saturated carbocycles. The fourth-order valence-electron chi connectivity index (χ4n) is 0.531. The first-order valence-corrected chi connectivity index (χ1v) is 3.66. The molecule has 0 bridgehead atoms. The lowest BCUT2D eigenvalue weighted by Crippen LogP contribution is -3.00. The van der Waals surface area contributed by atoms with Gasteiger partial charge in [0.1, 0.15) is 6.20 Å². The molecule has 0 fully saturated rings. The van der Waals surface area contributed by atoms with Crippen molar-refractivity contribution in [2.75, 3.05) is 21.1 Å². The van der Waals surface area contributed by atoms with Crippen LogP contribution < -0.4 is 28.5 Å². The fourth-order valence-corrected chi connectivity index (χ4v) is 1.25. The number of aromatic nitrogens is 1. The molecule has 0 aromatic carbocycles. The van der Waals surface area contributed by atoms with Gasteiger partial charge in [0.2, 0.25) is 0 Å². The van der Waals surface area contributed by atoms with Gasteiger partial charge < -0.3 is 24.0 Å². The SMILES string of the molecule is C[N+](C)(C)c1cnsc1.[I-]. The Morgan fingerprint density at radius 2 is 2.00 bits per heavy atom. The third-order valence-corrected chi connectivity index (χ3v) is 1.77. The average Bonchev–Trinajstić information content (AvgIpc) is 2.08. The van der Waals surface area contributed by atoms with Crippen LogP contribution in [-0.4, -0.2) is 25.5 Å². The summed E-state index contributed by atoms with van der Waals surface area (Å²) in [6.45, 7) is 0. The molecule has 0 atom stereocenters. The number of rotatable bonds is 1. The van der Waals surface area contributed by atoms with Crippen molar-refractivity contribution in [3.8, 4) is 0 Å². The summed E-state index contributed by atoms with van der Waals surface area (Å²) in [7, 11) is 6.39. The Hall–Kier alpha value is 0.320. The van der Waals surface area contributed by atoms with Gasteiger partial charge in [-0.3, -0.25) is 4.48 Å². The van der Waals surface area contributed by atoms with Crippen LogP contribution in [0.25, 0.3) is 0 Å². The second-order valence-electron chi connectivity index (χ2n) is 2.90. The minimum Gasteiger partial charge on any atom is -1.00 e. The maximum absolute atomic E-state index is 4.01. The van der Waals surface area contributed by atoms with E-state index < -0.39 is 0 Å². The smallest absolute Gasteiger partial charge is 0.163 e. The van der Waals surface area contributed by atoms with Crippen LogP contribution in [0.15, 0.2) is 11.6 Å². The summed E-state index contributed by atoms with van der Waals surface area (Å²) >= 11 is 1.50. The third kappa shape index (κ3) is 2.51. The van der Waals surface area contributed by atoms with Crippen LogP contribution in [0.4, 0.5) is 5.69 Å². The number of nitrogens with zero attached hydrogens (tertiary/aromatic N) is 2. The highest BCUT2D eigenvalue weighted by molar-refractivity contribution is 7.03. The van der Waals surface area contributed by atoms with Crippen LogP contribution in [0.3, 0.4) is 0 Å². The van der Waals surface area contributed by atoms with Crippen LogP contribution in [0.2, 0.25) is 0 Å². The first-order valence-electron chi connectivity index (χ1n) is 2.82. The monoisotopic (exact) mass is 270 g/mol. The molecule has 0 radical (unpaired) electrons. The number of hydrogen-bond donors (Lipinski definition) is 0. The van der Waals surface area contributed by atoms with Crippen molar-refractivity contribution >= 4 is 17.2 Å². The van der Waals surface area contributed by atoms with Gasteiger partial charge in [-0.05, 0) is 11.5 Å². The molecule has 0 aliphatic carbocycles. The summed E-state index contributed by atoms with van der Waals surface area (Å²) in [5.41, 5.74) is 1.26. The van der Waals surface area contributed by atoms with Gasteiger partial charge in [0.15, 0.2) is 5.69 Å². The van der Waals surface area contributed by atoms with Crippen LogP contribution >= 0.6 is 11.5 Å². The van der Waals surface area contributed by atoms with Crippen molar-refractivity contribution in [3.63, 3.8) is 0 Å². The molecular weight excluding hydrogens is 259 g/mol. The van der Waals surface area contributed by atoms with Gasteiger partial charge in [0.05, 0.1) is 26.5 Å². The van der Waals surface area contributed by atoms with E-state index in [1.165, 1.54) is 17.2 Å². The Labute approximate surface area is 82.6 Å². The lowest BCUT2D eigenvalue weighted by Gasteiger charge is -2.20. The molecule has 0 spiro atoms. The Balaban J connectivity index is 0.000000810. The Kier molecular flexibility index (Phi) is 3.75. The largest absolute Gasteiger partial charge is 1.00 e. The van der Waals surface area contributed by atoms with Crippen LogP contribution in [-0.2, 0) is 0 Å². The predicted molar refractivity (Wildman–Crippen MR) is 41.7 cm³/mol. The zero-order chi connectivity index (χ0) is 6.91. The van der Waals surface area contributed by atoms with Gasteiger partial charge in [-0.25, -0.2) is 0 Å². The highest BCUT2D eigenvalue weighted by atomic mass is 127. The van der Waals surface area contributed by atoms with Crippen molar-refractivity contribution in [1.82, 2.24) is 8.86 Å². The molecular formula is C6H11IN2S. The van der Waals surface area contributed by atoms with E-state index in [9.17, 15) is 0 Å². The highest BCUT2D eigenvalue weighted by Gasteiger charge is 2.11. The zero-order valence-corrected chi connectivity index (χ0v) is 9.31. The molecule has 1 rings (SSSR count). The molecule has 0 amide bonds. The summed E-state index contributed by atoms with van der Waals surface area (Å²) in [5, 5.41) is 2.07. The van der Waals surface area contributed by atoms with E-state index in [-0.39, 0.29) is 24.0 Å². The van der Waals surface area contributed by atoms with Crippen LogP contribution in [0.1, 0.15) is 0 Å². The molecule has 1 heterocycles. The predicted octanol–water partition coefficient (Wildman–Crippen LogP) is -1.66. The zero-order valence-electron chi connectivity index (χ0n) is 6.34. The van der Waals surface area contributed by atoms with Crippen molar-refractivity contribution in [2.45, 2.75) is 0 Å². The molecule has 1 aromatic rings. The summed E-state index contributed by atoms with van der Waals surface area (Å²) in [4.78, 5) is 0. The van der Waals surface area contributed by atoms with E-state index in [1.807, 2.05) is 6.20 Å². The Bertz CT molecular complexity index is 178. The second-order valence-corrected chi connectivity index (χ2v) is 3.55. The maximum Gasteiger partial charge on any atom is 0.163 e. The quantitative estimate of drug-likeness (QED) is 0.440. The van der Waals surface area contributed by atoms with E-state index in [4.69, 9.17) is 0 Å². The molecule has 0 saturated heterocycles. The fraction of sp³-hybridized carbons (Fsp3) is 0.500. The maximum atomic E-state index is 4.01. The van der Waals surface area contributed by atoms with Gasteiger partial charge in [-0.15, -0.1) is 0 Å². The molecule has 0 unspecified atom stereocenters. The van der Waals surface area contributed by atoms with E-state index in [2.05, 4.69) is 30.9 Å². The number of hydrogen-bond acceptors (Lipinski definition) is 2. The Morgan fingerprint density at radius 1 is 1.40 bits per heavy atom. The van der Waals surface area contributed by atoms with E-state index in [1.54, 1.807) is 0 Å². The summed E-state index contributed by atoms with van der Waals surface area (Å²) in [5.74, 6) is 0. The Morgan fingerprint density at radius 3 is 2.20 bits per heavy atom. The number of halogens is 1. The van der Waals surface area contributed by atoms with E-state index in [0.29, 0.717) is 0 Å². The molecule has 0 N–H and O–H groups in total. The molecule has 2 nitrogen and oxygen atoms in total. The van der Waals surface area contributed by atoms with Gasteiger partial charge in [0.25, 0.3) is 0 Å². The van der Waals surface area contributed by atoms with Gasteiger partial charge >= 0.3 is 0 Å². The minimum atomic E-state index is 0. The topological polar surface area (TPSA) is 12.9 Å². The van der Waals surface area contributed by atoms with Crippen LogP contribution in [0.5, 0.6) is 0 Å². The molecule has 0 aliphatic rings. The van der Waals surface area contributed by atoms with Gasteiger partial charge in [0, 0.05) is 0 Å². The van der Waals surface area contributed by atoms with Crippen molar-refractivity contribution < 1.29 is 24.0 Å². The molecule has 10 heavy (non-hydrogen) atoms. The van der Waals surface area contributed by atoms with Gasteiger partial charge in [-0.1, -0.05) is 0 Å². The lowest BCUT2D eigenvalue weighted by molar-refractivity contribution is -0.00000218. The molecule has 0 aliphatic heterocycles. The summed E-state index contributed by atoms with van der Waals surface area (Å²) in [6, 6.07) is 0. The van der Waals surface area contributed by atoms with Crippen molar-refractivity contribution in [2.24, 2.45) is 0 Å². The third-order valence-electron chi connectivity index (χ3n) is 1.19. The standard InChI is InChI=1S/C6H11N2S.HI/c1-8(2,3)6-4-7-9-5-6;/h4-5H,1-3H3;1H/q+1;/p-1. The van der Waals surface area contributed by atoms with E-state index >= 15 is 0 Å². The first kappa shape index (κ1) is 10.3. The molecule has 4 heteroatoms. The number of quaternary nitrogens is 1. The summed E-state index contributed by atoms with van der Waals surface area (Å²) in [6.07, 6.45) is 1.91. The first-order chi connectivity index (χ1) is 4.11. The summed E-state index contributed by atoms with van der Waals surface area (Å²) < 4.78 is 4.87. The van der Waals surface area contributed by atoms with E-state index in [0.717, 1.165) is 4.48 Å². The van der Waals surface area contributed by atoms with Gasteiger partial charge in [-0.2, -0.15) is 4.37 Å². The minimum absolute atomic E-state index is 0. The van der Waals surface area contributed by atoms with Crippen molar-refractivity contribution in [3.05, 3.63) is 11.6 Å². The molecule has 1 aromatic heterocycles. The van der Waals surface area contributed by atoms with Crippen LogP contribution in [0, 0.1) is 0 Å². The average molecular weight is 270 g/mol. The van der Waals surface area contributed by atoms with Crippen molar-refractivity contribution in [1.29, 1.82) is 0 Å². The normalized spacial score (nSPS) is 10.7. The lowest BCUT2D eigenvalue weighted by atomic mass is 10.5. The second kappa shape index (κ2) is 3.64. The molecule has 58 valence electrons.